The van der Waals surface area contributed by atoms with Gasteiger partial charge in [-0.3, -0.25) is 0 Å². The summed E-state index contributed by atoms with van der Waals surface area (Å²) < 4.78 is 13.4. The van der Waals surface area contributed by atoms with E-state index in [1.807, 2.05) is 0 Å². The van der Waals surface area contributed by atoms with E-state index >= 15 is 0 Å². The van der Waals surface area contributed by atoms with E-state index < -0.39 is 0 Å². The van der Waals surface area contributed by atoms with Crippen molar-refractivity contribution in [1.82, 2.24) is 10.3 Å². The Morgan fingerprint density at radius 2 is 2.21 bits per heavy atom. The third-order valence-corrected chi connectivity index (χ3v) is 4.11. The second kappa shape index (κ2) is 6.33. The predicted octanol–water partition coefficient (Wildman–Crippen LogP) is 2.81. The molecule has 2 atom stereocenters. The standard InChI is InChI=1S/C15H24FN3/c1-4-17-8-13-7-14(16)9-18-15(13)19-6-5-11(2)12(3)10-19/h7,9,11-12,17H,4-6,8,10H2,1-3H3. The Kier molecular flexibility index (Phi) is 4.75. The highest BCUT2D eigenvalue weighted by atomic mass is 19.1. The van der Waals surface area contributed by atoms with Crippen molar-refractivity contribution in [2.75, 3.05) is 24.5 Å². The van der Waals surface area contributed by atoms with E-state index in [0.29, 0.717) is 12.5 Å². The van der Waals surface area contributed by atoms with Gasteiger partial charge in [-0.15, -0.1) is 0 Å². The van der Waals surface area contributed by atoms with Gasteiger partial charge in [0.15, 0.2) is 0 Å². The lowest BCUT2D eigenvalue weighted by atomic mass is 9.88. The van der Waals surface area contributed by atoms with Crippen LogP contribution in [0.25, 0.3) is 0 Å². The number of nitrogens with zero attached hydrogens (tertiary/aromatic N) is 2. The number of anilines is 1. The maximum atomic E-state index is 13.4. The molecule has 19 heavy (non-hydrogen) atoms. The highest BCUT2D eigenvalue weighted by molar-refractivity contribution is 5.47. The number of aromatic nitrogens is 1. The van der Waals surface area contributed by atoms with Crippen LogP contribution in [-0.4, -0.2) is 24.6 Å². The number of hydrogen-bond acceptors (Lipinski definition) is 3. The Hall–Kier alpha value is -1.16. The first-order valence-electron chi connectivity index (χ1n) is 7.22. The van der Waals surface area contributed by atoms with Crippen LogP contribution < -0.4 is 10.2 Å². The fourth-order valence-electron chi connectivity index (χ4n) is 2.60. The zero-order valence-electron chi connectivity index (χ0n) is 12.1. The number of nitrogens with one attached hydrogen (secondary N) is 1. The lowest BCUT2D eigenvalue weighted by molar-refractivity contribution is 0.322. The van der Waals surface area contributed by atoms with Crippen LogP contribution in [0.15, 0.2) is 12.3 Å². The largest absolute Gasteiger partial charge is 0.356 e. The zero-order chi connectivity index (χ0) is 13.8. The van der Waals surface area contributed by atoms with Gasteiger partial charge in [0, 0.05) is 25.2 Å². The minimum atomic E-state index is -0.255. The van der Waals surface area contributed by atoms with Gasteiger partial charge in [-0.25, -0.2) is 9.37 Å². The molecule has 0 radical (unpaired) electrons. The molecule has 1 fully saturated rings. The second-order valence-corrected chi connectivity index (χ2v) is 5.61. The van der Waals surface area contributed by atoms with Gasteiger partial charge in [-0.2, -0.15) is 0 Å². The maximum absolute atomic E-state index is 13.4. The first kappa shape index (κ1) is 14.3. The molecule has 1 aromatic heterocycles. The van der Waals surface area contributed by atoms with Crippen LogP contribution in [0.3, 0.4) is 0 Å². The molecular weight excluding hydrogens is 241 g/mol. The van der Waals surface area contributed by atoms with Crippen LogP contribution in [0, 0.1) is 17.7 Å². The average molecular weight is 265 g/mol. The quantitative estimate of drug-likeness (QED) is 0.907. The van der Waals surface area contributed by atoms with Gasteiger partial charge < -0.3 is 10.2 Å². The summed E-state index contributed by atoms with van der Waals surface area (Å²) in [5.41, 5.74) is 0.962. The summed E-state index contributed by atoms with van der Waals surface area (Å²) in [5.74, 6) is 2.11. The van der Waals surface area contributed by atoms with Crippen molar-refractivity contribution in [1.29, 1.82) is 0 Å². The topological polar surface area (TPSA) is 28.2 Å². The first-order chi connectivity index (χ1) is 9.11. The Morgan fingerprint density at radius 1 is 1.42 bits per heavy atom. The summed E-state index contributed by atoms with van der Waals surface area (Å²) in [6, 6.07) is 1.60. The molecule has 2 unspecified atom stereocenters. The molecule has 0 spiro atoms. The van der Waals surface area contributed by atoms with Crippen molar-refractivity contribution in [2.45, 2.75) is 33.7 Å². The van der Waals surface area contributed by atoms with E-state index in [4.69, 9.17) is 0 Å². The molecule has 1 aromatic rings. The Labute approximate surface area is 115 Å². The third kappa shape index (κ3) is 3.44. The molecular formula is C15H24FN3. The van der Waals surface area contributed by atoms with Crippen molar-refractivity contribution in [3.63, 3.8) is 0 Å². The normalized spacial score (nSPS) is 23.7. The van der Waals surface area contributed by atoms with E-state index in [2.05, 4.69) is 36.0 Å². The van der Waals surface area contributed by atoms with Crippen molar-refractivity contribution < 1.29 is 4.39 Å². The molecule has 1 aliphatic rings. The Morgan fingerprint density at radius 3 is 2.89 bits per heavy atom. The zero-order valence-corrected chi connectivity index (χ0v) is 12.1. The van der Waals surface area contributed by atoms with Crippen molar-refractivity contribution in [2.24, 2.45) is 11.8 Å². The molecule has 2 rings (SSSR count). The van der Waals surface area contributed by atoms with Crippen LogP contribution in [0.2, 0.25) is 0 Å². The predicted molar refractivity (Wildman–Crippen MR) is 76.7 cm³/mol. The van der Waals surface area contributed by atoms with Gasteiger partial charge in [0.25, 0.3) is 0 Å². The average Bonchev–Trinajstić information content (AvgIpc) is 2.40. The van der Waals surface area contributed by atoms with Gasteiger partial charge >= 0.3 is 0 Å². The number of pyridine rings is 1. The Bertz CT molecular complexity index is 422. The van der Waals surface area contributed by atoms with E-state index in [1.165, 1.54) is 12.6 Å². The highest BCUT2D eigenvalue weighted by Gasteiger charge is 2.24. The Balaban J connectivity index is 2.18. The van der Waals surface area contributed by atoms with E-state index in [0.717, 1.165) is 36.9 Å². The van der Waals surface area contributed by atoms with Crippen LogP contribution in [-0.2, 0) is 6.54 Å². The summed E-state index contributed by atoms with van der Waals surface area (Å²) >= 11 is 0. The third-order valence-electron chi connectivity index (χ3n) is 4.11. The van der Waals surface area contributed by atoms with Gasteiger partial charge in [-0.05, 0) is 30.9 Å². The summed E-state index contributed by atoms with van der Waals surface area (Å²) in [4.78, 5) is 6.63. The summed E-state index contributed by atoms with van der Waals surface area (Å²) in [6.45, 7) is 10.2. The maximum Gasteiger partial charge on any atom is 0.141 e. The monoisotopic (exact) mass is 265 g/mol. The summed E-state index contributed by atoms with van der Waals surface area (Å²) in [5, 5.41) is 3.26. The van der Waals surface area contributed by atoms with Crippen LogP contribution >= 0.6 is 0 Å². The fraction of sp³-hybridized carbons (Fsp3) is 0.667. The minimum absolute atomic E-state index is 0.255. The highest BCUT2D eigenvalue weighted by Crippen LogP contribution is 2.28. The van der Waals surface area contributed by atoms with E-state index in [1.54, 1.807) is 6.07 Å². The molecule has 106 valence electrons. The smallest absolute Gasteiger partial charge is 0.141 e. The molecule has 1 N–H and O–H groups in total. The number of rotatable bonds is 4. The van der Waals surface area contributed by atoms with Crippen molar-refractivity contribution >= 4 is 5.82 Å². The second-order valence-electron chi connectivity index (χ2n) is 5.61. The number of halogens is 1. The summed E-state index contributed by atoms with van der Waals surface area (Å²) in [7, 11) is 0. The van der Waals surface area contributed by atoms with Gasteiger partial charge in [0.05, 0.1) is 6.20 Å². The van der Waals surface area contributed by atoms with Crippen LogP contribution in [0.1, 0.15) is 32.8 Å². The SMILES string of the molecule is CCNCc1cc(F)cnc1N1CCC(C)C(C)C1. The van der Waals surface area contributed by atoms with Gasteiger partial charge in [0.2, 0.25) is 0 Å². The van der Waals surface area contributed by atoms with Crippen LogP contribution in [0.5, 0.6) is 0 Å². The lowest BCUT2D eigenvalue weighted by Crippen LogP contribution is -2.39. The molecule has 0 aliphatic carbocycles. The van der Waals surface area contributed by atoms with E-state index in [9.17, 15) is 4.39 Å². The molecule has 2 heterocycles. The number of hydrogen-bond donors (Lipinski definition) is 1. The van der Waals surface area contributed by atoms with Crippen molar-refractivity contribution in [3.05, 3.63) is 23.6 Å². The molecule has 3 nitrogen and oxygen atoms in total. The number of piperidine rings is 1. The molecule has 1 saturated heterocycles. The molecule has 1 aliphatic heterocycles. The van der Waals surface area contributed by atoms with Crippen molar-refractivity contribution in [3.8, 4) is 0 Å². The lowest BCUT2D eigenvalue weighted by Gasteiger charge is -2.37. The van der Waals surface area contributed by atoms with Gasteiger partial charge in [-0.1, -0.05) is 20.8 Å². The fourth-order valence-corrected chi connectivity index (χ4v) is 2.60. The first-order valence-corrected chi connectivity index (χ1v) is 7.22. The molecule has 4 heteroatoms. The van der Waals surface area contributed by atoms with Gasteiger partial charge in [0.1, 0.15) is 11.6 Å². The van der Waals surface area contributed by atoms with E-state index in [-0.39, 0.29) is 5.82 Å². The van der Waals surface area contributed by atoms with Crippen LogP contribution in [0.4, 0.5) is 10.2 Å². The summed E-state index contributed by atoms with van der Waals surface area (Å²) in [6.07, 6.45) is 2.51. The molecule has 0 saturated carbocycles. The molecule has 0 amide bonds. The minimum Gasteiger partial charge on any atom is -0.356 e. The molecule has 0 bridgehead atoms. The molecule has 0 aromatic carbocycles.